The van der Waals surface area contributed by atoms with Gasteiger partial charge in [0.05, 0.1) is 6.61 Å². The van der Waals surface area contributed by atoms with Gasteiger partial charge in [-0.25, -0.2) is 0 Å². The maximum atomic E-state index is 12.7. The maximum absolute atomic E-state index is 12.7. The Morgan fingerprint density at radius 3 is 2.31 bits per heavy atom. The van der Waals surface area contributed by atoms with E-state index in [4.69, 9.17) is 9.47 Å². The van der Waals surface area contributed by atoms with Gasteiger partial charge < -0.3 is 40.1 Å². The highest BCUT2D eigenvalue weighted by atomic mass is 16.7. The summed E-state index contributed by atoms with van der Waals surface area (Å²) in [7, 11) is 0. The molecular weight excluding hydrogens is 428 g/mol. The van der Waals surface area contributed by atoms with Gasteiger partial charge in [-0.05, 0) is 23.8 Å². The lowest BCUT2D eigenvalue weighted by Gasteiger charge is -2.39. The first-order valence-corrected chi connectivity index (χ1v) is 9.36. The van der Waals surface area contributed by atoms with Crippen molar-refractivity contribution in [1.82, 2.24) is 0 Å². The Morgan fingerprint density at radius 1 is 1.03 bits per heavy atom. The average Bonchev–Trinajstić information content (AvgIpc) is 2.76. The van der Waals surface area contributed by atoms with Gasteiger partial charge in [-0.2, -0.15) is 0 Å². The number of phenols is 1. The minimum Gasteiger partial charge on any atom is -0.508 e. The van der Waals surface area contributed by atoms with E-state index in [1.54, 1.807) is 0 Å². The normalized spacial score (nSPS) is 28.8. The molecule has 1 heterocycles. The van der Waals surface area contributed by atoms with Crippen LogP contribution < -0.4 is 0 Å². The molecule has 0 bridgehead atoms. The number of aromatic hydroxyl groups is 1. The monoisotopic (exact) mass is 448 g/mol. The summed E-state index contributed by atoms with van der Waals surface area (Å²) in [6, 6.07) is 5.72. The van der Waals surface area contributed by atoms with E-state index in [1.165, 1.54) is 30.3 Å². The number of hydrogen-bond donors (Lipinski definition) is 6. The van der Waals surface area contributed by atoms with Gasteiger partial charge in [0.25, 0.3) is 5.78 Å². The van der Waals surface area contributed by atoms with Crippen LogP contribution in [0.4, 0.5) is 0 Å². The molecule has 11 heteroatoms. The first kappa shape index (κ1) is 23.3. The standard InChI is InChI=1S/C21H20O11/c22-8-14-17(28)18(29)19(30)21(31-14)32-20-15(12(25)7-13(26)16(20)27)11(24)6-3-9-1-4-10(23)5-2-9/h1-7,14,17-19,21-23,25,28-30H,8H2/b6-3+/t14-,17-,18+,19-,21+/m1/s1. The molecule has 0 radical (unpaired) electrons. The molecule has 1 fully saturated rings. The molecule has 1 aromatic rings. The molecular formula is C21H20O11. The van der Waals surface area contributed by atoms with Crippen LogP contribution in [-0.2, 0) is 23.9 Å². The minimum absolute atomic E-state index is 0.00312. The van der Waals surface area contributed by atoms with Crippen LogP contribution in [0.5, 0.6) is 5.75 Å². The van der Waals surface area contributed by atoms with Crippen molar-refractivity contribution in [3.63, 3.8) is 0 Å². The number of carbonyl (C=O) groups excluding carboxylic acids is 3. The van der Waals surface area contributed by atoms with E-state index in [1.807, 2.05) is 0 Å². The van der Waals surface area contributed by atoms with Crippen molar-refractivity contribution < 1.29 is 54.5 Å². The Hall–Kier alpha value is -3.35. The van der Waals surface area contributed by atoms with Gasteiger partial charge in [0.1, 0.15) is 41.5 Å². The number of ketones is 3. The average molecular weight is 448 g/mol. The Morgan fingerprint density at radius 2 is 1.69 bits per heavy atom. The number of hydrogen-bond acceptors (Lipinski definition) is 11. The van der Waals surface area contributed by atoms with Crippen molar-refractivity contribution in [3.05, 3.63) is 59.1 Å². The van der Waals surface area contributed by atoms with Gasteiger partial charge in [-0.15, -0.1) is 0 Å². The number of phenolic OH excluding ortho intramolecular Hbond substituents is 1. The molecule has 170 valence electrons. The summed E-state index contributed by atoms with van der Waals surface area (Å²) in [4.78, 5) is 37.0. The smallest absolute Gasteiger partial charge is 0.268 e. The molecule has 6 N–H and O–H groups in total. The summed E-state index contributed by atoms with van der Waals surface area (Å²) < 4.78 is 10.4. The van der Waals surface area contributed by atoms with Crippen LogP contribution in [-0.4, -0.2) is 85.3 Å². The van der Waals surface area contributed by atoms with Gasteiger partial charge in [-0.3, -0.25) is 14.4 Å². The number of rotatable bonds is 6. The van der Waals surface area contributed by atoms with E-state index < -0.39 is 71.8 Å². The zero-order chi connectivity index (χ0) is 23.6. The zero-order valence-electron chi connectivity index (χ0n) is 16.4. The fourth-order valence-corrected chi connectivity index (χ4v) is 3.08. The van der Waals surface area contributed by atoms with Gasteiger partial charge in [0.15, 0.2) is 11.5 Å². The van der Waals surface area contributed by atoms with E-state index in [9.17, 15) is 45.0 Å². The predicted octanol–water partition coefficient (Wildman–Crippen LogP) is -1.36. The number of ether oxygens (including phenoxy) is 2. The first-order valence-electron chi connectivity index (χ1n) is 9.36. The number of benzene rings is 1. The predicted molar refractivity (Wildman–Crippen MR) is 105 cm³/mol. The summed E-state index contributed by atoms with van der Waals surface area (Å²) in [6.45, 7) is -0.775. The van der Waals surface area contributed by atoms with Gasteiger partial charge >= 0.3 is 0 Å². The highest BCUT2D eigenvalue weighted by Crippen LogP contribution is 2.28. The van der Waals surface area contributed by atoms with Crippen LogP contribution in [0, 0.1) is 0 Å². The van der Waals surface area contributed by atoms with Crippen LogP contribution in [0.2, 0.25) is 0 Å². The molecule has 1 saturated heterocycles. The second kappa shape index (κ2) is 9.42. The molecule has 3 rings (SSSR count). The topological polar surface area (TPSA) is 191 Å². The molecule has 0 spiro atoms. The third-order valence-corrected chi connectivity index (χ3v) is 4.83. The highest BCUT2D eigenvalue weighted by Gasteiger charge is 2.46. The second-order valence-corrected chi connectivity index (χ2v) is 7.03. The molecule has 1 aliphatic heterocycles. The number of aliphatic hydroxyl groups is 5. The zero-order valence-corrected chi connectivity index (χ0v) is 16.4. The Balaban J connectivity index is 1.94. The number of carbonyl (C=O) groups is 3. The SMILES string of the molecule is O=C1C=C(O)C(C(=O)/C=C/c2ccc(O)cc2)=C(O[C@@H]2O[C@H](CO)[C@@H](O)[C@H](O)[C@H]2O)C1=O. The third kappa shape index (κ3) is 4.61. The molecule has 5 atom stereocenters. The van der Waals surface area contributed by atoms with Gasteiger partial charge in [0, 0.05) is 6.08 Å². The molecule has 32 heavy (non-hydrogen) atoms. The molecule has 11 nitrogen and oxygen atoms in total. The van der Waals surface area contributed by atoms with Crippen molar-refractivity contribution in [1.29, 1.82) is 0 Å². The van der Waals surface area contributed by atoms with Crippen LogP contribution in [0.1, 0.15) is 5.56 Å². The molecule has 1 aliphatic carbocycles. The summed E-state index contributed by atoms with van der Waals surface area (Å²) in [6.07, 6.45) is -5.85. The lowest BCUT2D eigenvalue weighted by atomic mass is 9.96. The molecule has 2 aliphatic rings. The summed E-state index contributed by atoms with van der Waals surface area (Å²) in [5, 5.41) is 58.5. The van der Waals surface area contributed by atoms with Crippen LogP contribution >= 0.6 is 0 Å². The largest absolute Gasteiger partial charge is 0.508 e. The van der Waals surface area contributed by atoms with Crippen LogP contribution in [0.15, 0.2) is 53.5 Å². The summed E-state index contributed by atoms with van der Waals surface area (Å²) in [5.41, 5.74) is -0.198. The van der Waals surface area contributed by atoms with Crippen LogP contribution in [0.3, 0.4) is 0 Å². The number of Topliss-reactive ketones (excluding diaryl/α,β-unsaturated/α-hetero) is 1. The van der Waals surface area contributed by atoms with Crippen molar-refractivity contribution in [2.75, 3.05) is 6.61 Å². The minimum atomic E-state index is -1.92. The lowest BCUT2D eigenvalue weighted by Crippen LogP contribution is -2.59. The molecule has 0 saturated carbocycles. The maximum Gasteiger partial charge on any atom is 0.268 e. The molecule has 0 unspecified atom stereocenters. The number of aliphatic hydroxyl groups excluding tert-OH is 5. The van der Waals surface area contributed by atoms with Crippen molar-refractivity contribution in [2.24, 2.45) is 0 Å². The van der Waals surface area contributed by atoms with Crippen molar-refractivity contribution in [3.8, 4) is 5.75 Å². The van der Waals surface area contributed by atoms with Crippen LogP contribution in [0.25, 0.3) is 6.08 Å². The fraction of sp³-hybridized carbons (Fsp3) is 0.286. The Kier molecular flexibility index (Phi) is 6.87. The van der Waals surface area contributed by atoms with E-state index in [-0.39, 0.29) is 5.75 Å². The Labute approximate surface area is 180 Å². The van der Waals surface area contributed by atoms with Gasteiger partial charge in [0.2, 0.25) is 12.1 Å². The first-order chi connectivity index (χ1) is 15.1. The number of allylic oxidation sites excluding steroid dienone is 4. The summed E-state index contributed by atoms with van der Waals surface area (Å²) in [5.74, 6) is -5.26. The lowest BCUT2D eigenvalue weighted by molar-refractivity contribution is -0.290. The second-order valence-electron chi connectivity index (χ2n) is 7.03. The quantitative estimate of drug-likeness (QED) is 0.171. The Bertz CT molecular complexity index is 1000. The third-order valence-electron chi connectivity index (χ3n) is 4.83. The van der Waals surface area contributed by atoms with Crippen molar-refractivity contribution >= 4 is 23.4 Å². The molecule has 0 aromatic heterocycles. The highest BCUT2D eigenvalue weighted by molar-refractivity contribution is 6.49. The van der Waals surface area contributed by atoms with E-state index in [2.05, 4.69) is 0 Å². The summed E-state index contributed by atoms with van der Waals surface area (Å²) >= 11 is 0. The van der Waals surface area contributed by atoms with Gasteiger partial charge in [-0.1, -0.05) is 18.2 Å². The van der Waals surface area contributed by atoms with E-state index in [0.717, 1.165) is 6.08 Å². The van der Waals surface area contributed by atoms with E-state index >= 15 is 0 Å². The van der Waals surface area contributed by atoms with Crippen molar-refractivity contribution in [2.45, 2.75) is 30.7 Å². The van der Waals surface area contributed by atoms with E-state index in [0.29, 0.717) is 11.6 Å². The fourth-order valence-electron chi connectivity index (χ4n) is 3.08. The molecule has 1 aromatic carbocycles. The molecule has 0 amide bonds.